The van der Waals surface area contributed by atoms with Gasteiger partial charge >= 0.3 is 6.03 Å². The highest BCUT2D eigenvalue weighted by molar-refractivity contribution is 6.35. The van der Waals surface area contributed by atoms with Crippen molar-refractivity contribution in [3.63, 3.8) is 0 Å². The number of H-pyrrole nitrogens is 1. The number of benzene rings is 2. The molecule has 0 radical (unpaired) electrons. The predicted molar refractivity (Wildman–Crippen MR) is 160 cm³/mol. The number of carbonyl (C=O) groups excluding carboxylic acids is 3. The maximum absolute atomic E-state index is 13.0. The Morgan fingerprint density at radius 3 is 2.86 bits per heavy atom. The molecule has 1 unspecified atom stereocenters. The van der Waals surface area contributed by atoms with Gasteiger partial charge in [-0.05, 0) is 73.2 Å². The molecule has 0 spiro atoms. The van der Waals surface area contributed by atoms with Crippen LogP contribution in [0, 0.1) is 6.92 Å². The van der Waals surface area contributed by atoms with E-state index in [1.165, 1.54) is 4.90 Å². The molecule has 42 heavy (non-hydrogen) atoms. The summed E-state index contributed by atoms with van der Waals surface area (Å²) in [6.07, 6.45) is 7.69. The molecule has 1 aliphatic heterocycles. The van der Waals surface area contributed by atoms with Crippen molar-refractivity contribution in [1.82, 2.24) is 35.1 Å². The molecule has 5 aromatic rings. The Morgan fingerprint density at radius 2 is 1.98 bits per heavy atom. The SMILES string of the molecule is Cc1ccc(C(=O)NCCCN2C(=O)NC(Cc3c[nH]c4c(Cl)cccc34)C2=O)cc1CCc1cnc2cccnn12. The van der Waals surface area contributed by atoms with Gasteiger partial charge in [0.2, 0.25) is 0 Å². The highest BCUT2D eigenvalue weighted by atomic mass is 35.5. The monoisotopic (exact) mass is 583 g/mol. The molecule has 3 N–H and O–H groups in total. The maximum Gasteiger partial charge on any atom is 0.324 e. The van der Waals surface area contributed by atoms with Crippen LogP contribution in [0.5, 0.6) is 0 Å². The van der Waals surface area contributed by atoms with Gasteiger partial charge in [0.1, 0.15) is 6.04 Å². The molecule has 3 aromatic heterocycles. The fourth-order valence-electron chi connectivity index (χ4n) is 5.43. The summed E-state index contributed by atoms with van der Waals surface area (Å²) in [5.41, 5.74) is 6.29. The van der Waals surface area contributed by atoms with Crippen LogP contribution in [0.3, 0.4) is 0 Å². The zero-order valence-electron chi connectivity index (χ0n) is 23.1. The van der Waals surface area contributed by atoms with Gasteiger partial charge in [0.15, 0.2) is 5.65 Å². The molecule has 2 aromatic carbocycles. The smallest absolute Gasteiger partial charge is 0.324 e. The zero-order chi connectivity index (χ0) is 29.2. The summed E-state index contributed by atoms with van der Waals surface area (Å²) in [6.45, 7) is 2.58. The van der Waals surface area contributed by atoms with E-state index in [-0.39, 0.29) is 18.4 Å². The molecule has 1 fully saturated rings. The molecule has 4 heterocycles. The first-order chi connectivity index (χ1) is 20.4. The summed E-state index contributed by atoms with van der Waals surface area (Å²) >= 11 is 6.25. The van der Waals surface area contributed by atoms with E-state index in [1.54, 1.807) is 12.3 Å². The minimum Gasteiger partial charge on any atom is -0.360 e. The normalized spacial score (nSPS) is 15.1. The number of amides is 4. The van der Waals surface area contributed by atoms with Gasteiger partial charge in [-0.1, -0.05) is 29.8 Å². The molecule has 4 amide bonds. The first-order valence-electron chi connectivity index (χ1n) is 13.9. The summed E-state index contributed by atoms with van der Waals surface area (Å²) in [5, 5.41) is 11.6. The number of hydrogen-bond acceptors (Lipinski definition) is 5. The number of nitrogens with zero attached hydrogens (tertiary/aromatic N) is 4. The van der Waals surface area contributed by atoms with E-state index in [1.807, 2.05) is 66.3 Å². The number of urea groups is 1. The van der Waals surface area contributed by atoms with Crippen molar-refractivity contribution in [2.75, 3.05) is 13.1 Å². The Kier molecular flexibility index (Phi) is 7.62. The van der Waals surface area contributed by atoms with Crippen molar-refractivity contribution >= 4 is 46.0 Å². The number of aromatic nitrogens is 4. The summed E-state index contributed by atoms with van der Waals surface area (Å²) < 4.78 is 1.83. The van der Waals surface area contributed by atoms with Crippen molar-refractivity contribution in [3.8, 4) is 0 Å². The fourth-order valence-corrected chi connectivity index (χ4v) is 5.66. The Hall–Kier alpha value is -4.70. The van der Waals surface area contributed by atoms with Gasteiger partial charge in [0, 0.05) is 42.9 Å². The third-order valence-electron chi connectivity index (χ3n) is 7.74. The number of aromatic amines is 1. The number of nitrogens with one attached hydrogen (secondary N) is 3. The Labute approximate surface area is 247 Å². The van der Waals surface area contributed by atoms with Crippen molar-refractivity contribution < 1.29 is 14.4 Å². The van der Waals surface area contributed by atoms with Crippen LogP contribution in [0.4, 0.5) is 4.79 Å². The Bertz CT molecular complexity index is 1810. The first kappa shape index (κ1) is 27.5. The highest BCUT2D eigenvalue weighted by Crippen LogP contribution is 2.27. The molecular formula is C31H30ClN7O3. The number of fused-ring (bicyclic) bond motifs is 2. The average Bonchev–Trinajstić information content (AvgIpc) is 3.67. The molecule has 1 saturated heterocycles. The van der Waals surface area contributed by atoms with Crippen LogP contribution in [0.1, 0.15) is 39.2 Å². The van der Waals surface area contributed by atoms with Gasteiger partial charge in [0.05, 0.1) is 22.4 Å². The van der Waals surface area contributed by atoms with E-state index in [2.05, 4.69) is 25.7 Å². The third-order valence-corrected chi connectivity index (χ3v) is 8.05. The second-order valence-corrected chi connectivity index (χ2v) is 10.9. The van der Waals surface area contributed by atoms with Gasteiger partial charge in [-0.25, -0.2) is 14.3 Å². The van der Waals surface area contributed by atoms with Gasteiger partial charge in [-0.15, -0.1) is 0 Å². The second-order valence-electron chi connectivity index (χ2n) is 10.5. The summed E-state index contributed by atoms with van der Waals surface area (Å²) in [4.78, 5) is 47.2. The van der Waals surface area contributed by atoms with Gasteiger partial charge in [0.25, 0.3) is 11.8 Å². The van der Waals surface area contributed by atoms with E-state index in [0.29, 0.717) is 30.0 Å². The zero-order valence-corrected chi connectivity index (χ0v) is 23.8. The van der Waals surface area contributed by atoms with Crippen molar-refractivity contribution in [1.29, 1.82) is 0 Å². The molecular weight excluding hydrogens is 554 g/mol. The first-order valence-corrected chi connectivity index (χ1v) is 14.3. The van der Waals surface area contributed by atoms with E-state index in [4.69, 9.17) is 11.6 Å². The van der Waals surface area contributed by atoms with Crippen LogP contribution in [0.2, 0.25) is 5.02 Å². The maximum atomic E-state index is 13.0. The molecule has 10 nitrogen and oxygen atoms in total. The lowest BCUT2D eigenvalue weighted by atomic mass is 10.00. The quantitative estimate of drug-likeness (QED) is 0.168. The van der Waals surface area contributed by atoms with Crippen molar-refractivity contribution in [3.05, 3.63) is 100 Å². The van der Waals surface area contributed by atoms with Crippen LogP contribution in [-0.2, 0) is 24.1 Å². The molecule has 0 saturated carbocycles. The number of halogens is 1. The molecule has 0 bridgehead atoms. The fraction of sp³-hybridized carbons (Fsp3) is 0.258. The van der Waals surface area contributed by atoms with Crippen molar-refractivity contribution in [2.24, 2.45) is 0 Å². The van der Waals surface area contributed by atoms with E-state index < -0.39 is 12.1 Å². The van der Waals surface area contributed by atoms with Gasteiger partial charge in [-0.3, -0.25) is 14.5 Å². The van der Waals surface area contributed by atoms with Crippen molar-refractivity contribution in [2.45, 2.75) is 38.6 Å². The minimum atomic E-state index is -0.646. The van der Waals surface area contributed by atoms with Crippen LogP contribution >= 0.6 is 11.6 Å². The van der Waals surface area contributed by atoms with E-state index in [9.17, 15) is 14.4 Å². The van der Waals surface area contributed by atoms with E-state index in [0.717, 1.165) is 51.8 Å². The highest BCUT2D eigenvalue weighted by Gasteiger charge is 2.37. The summed E-state index contributed by atoms with van der Waals surface area (Å²) in [5.74, 6) is -0.465. The molecule has 6 rings (SSSR count). The standard InChI is InChI=1S/C31H30ClN7O3/c1-19-8-9-21(15-20(19)10-11-23-18-34-27-7-3-13-36-39(23)27)29(40)33-12-4-14-38-30(41)26(37-31(38)42)16-22-17-35-28-24(22)5-2-6-25(28)32/h2-3,5-9,13,15,17-18,26,35H,4,10-12,14,16H2,1H3,(H,33,40)(H,37,42). The average molecular weight is 584 g/mol. The molecule has 214 valence electrons. The number of rotatable bonds is 10. The second kappa shape index (κ2) is 11.7. The minimum absolute atomic E-state index is 0.194. The summed E-state index contributed by atoms with van der Waals surface area (Å²) in [6, 6.07) is 14.0. The molecule has 1 aliphatic rings. The van der Waals surface area contributed by atoms with Crippen LogP contribution in [0.15, 0.2) is 67.1 Å². The topological polar surface area (TPSA) is 124 Å². The number of imide groups is 1. The lowest BCUT2D eigenvalue weighted by Gasteiger charge is -2.14. The third kappa shape index (κ3) is 5.45. The van der Waals surface area contributed by atoms with Crippen LogP contribution in [-0.4, -0.2) is 61.5 Å². The summed E-state index contributed by atoms with van der Waals surface area (Å²) in [7, 11) is 0. The lowest BCUT2D eigenvalue weighted by molar-refractivity contribution is -0.127. The number of carbonyl (C=O) groups is 3. The van der Waals surface area contributed by atoms with E-state index >= 15 is 0 Å². The Balaban J connectivity index is 1.00. The van der Waals surface area contributed by atoms with Crippen LogP contribution in [0.25, 0.3) is 16.6 Å². The largest absolute Gasteiger partial charge is 0.360 e. The number of para-hydroxylation sites is 1. The van der Waals surface area contributed by atoms with Gasteiger partial charge < -0.3 is 15.6 Å². The lowest BCUT2D eigenvalue weighted by Crippen LogP contribution is -2.35. The number of imidazole rings is 1. The van der Waals surface area contributed by atoms with Crippen LogP contribution < -0.4 is 10.6 Å². The van der Waals surface area contributed by atoms with Gasteiger partial charge in [-0.2, -0.15) is 5.10 Å². The predicted octanol–water partition coefficient (Wildman–Crippen LogP) is 4.24. The molecule has 11 heteroatoms. The molecule has 0 aliphatic carbocycles. The number of hydrogen-bond donors (Lipinski definition) is 3. The Morgan fingerprint density at radius 1 is 1.10 bits per heavy atom. The molecule has 1 atom stereocenters. The number of aryl methyl sites for hydroxylation is 3.